The minimum Gasteiger partial charge on any atom is -0.393 e. The van der Waals surface area contributed by atoms with Crippen LogP contribution in [0.2, 0.25) is 5.02 Å². The number of carbonyl (C=O) groups is 2. The fourth-order valence-corrected chi connectivity index (χ4v) is 3.53. The monoisotopic (exact) mass is 430 g/mol. The van der Waals surface area contributed by atoms with E-state index in [1.807, 2.05) is 31.2 Å². The second-order valence-electron chi connectivity index (χ2n) is 7.33. The summed E-state index contributed by atoms with van der Waals surface area (Å²) in [6.45, 7) is 3.29. The Morgan fingerprint density at radius 1 is 1.03 bits per heavy atom. The average Bonchev–Trinajstić information content (AvgIpc) is 2.75. The van der Waals surface area contributed by atoms with Crippen molar-refractivity contribution in [3.63, 3.8) is 0 Å². The van der Waals surface area contributed by atoms with Crippen molar-refractivity contribution >= 4 is 40.5 Å². The molecular formula is C22H27ClN4O3. The summed E-state index contributed by atoms with van der Waals surface area (Å²) in [5.41, 5.74) is 3.26. The number of para-hydroxylation sites is 2. The molecule has 4 N–H and O–H groups in total. The number of halogens is 1. The zero-order valence-corrected chi connectivity index (χ0v) is 17.7. The number of amides is 2. The SMILES string of the molecule is Cc1c(Cl)cccc1NC(=O)CNC(=O)CNc1ccccc1N1CCC(O)CC1. The van der Waals surface area contributed by atoms with E-state index in [0.29, 0.717) is 10.7 Å². The number of anilines is 3. The predicted octanol–water partition coefficient (Wildman–Crippen LogP) is 2.78. The molecule has 2 aromatic carbocycles. The topological polar surface area (TPSA) is 93.7 Å². The summed E-state index contributed by atoms with van der Waals surface area (Å²) >= 11 is 6.06. The van der Waals surface area contributed by atoms with Crippen molar-refractivity contribution in [3.8, 4) is 0 Å². The van der Waals surface area contributed by atoms with Crippen molar-refractivity contribution in [1.29, 1.82) is 0 Å². The van der Waals surface area contributed by atoms with Gasteiger partial charge in [0, 0.05) is 23.8 Å². The first-order chi connectivity index (χ1) is 14.4. The first-order valence-corrected chi connectivity index (χ1v) is 10.4. The van der Waals surface area contributed by atoms with Gasteiger partial charge in [-0.05, 0) is 49.6 Å². The van der Waals surface area contributed by atoms with E-state index in [1.165, 1.54) is 0 Å². The maximum atomic E-state index is 12.2. The molecule has 1 saturated heterocycles. The van der Waals surface area contributed by atoms with Crippen molar-refractivity contribution < 1.29 is 14.7 Å². The number of piperidine rings is 1. The van der Waals surface area contributed by atoms with Crippen LogP contribution >= 0.6 is 11.6 Å². The molecule has 0 saturated carbocycles. The molecular weight excluding hydrogens is 404 g/mol. The lowest BCUT2D eigenvalue weighted by Gasteiger charge is -2.32. The Balaban J connectivity index is 1.48. The Morgan fingerprint density at radius 2 is 1.73 bits per heavy atom. The van der Waals surface area contributed by atoms with E-state index < -0.39 is 0 Å². The van der Waals surface area contributed by atoms with Crippen molar-refractivity contribution in [2.45, 2.75) is 25.9 Å². The highest BCUT2D eigenvalue weighted by Gasteiger charge is 2.19. The first kappa shape index (κ1) is 21.9. The third-order valence-corrected chi connectivity index (χ3v) is 5.55. The molecule has 0 aromatic heterocycles. The zero-order valence-electron chi connectivity index (χ0n) is 17.0. The van der Waals surface area contributed by atoms with Crippen LogP contribution in [0.15, 0.2) is 42.5 Å². The standard InChI is InChI=1S/C22H27ClN4O3/c1-15-17(23)5-4-7-18(15)26-22(30)14-25-21(29)13-24-19-6-2-3-8-20(19)27-11-9-16(28)10-12-27/h2-8,16,24,28H,9-14H2,1H3,(H,25,29)(H,26,30). The number of benzene rings is 2. The Hall–Kier alpha value is -2.77. The van der Waals surface area contributed by atoms with Crippen LogP contribution in [0.3, 0.4) is 0 Å². The molecule has 0 spiro atoms. The van der Waals surface area contributed by atoms with Gasteiger partial charge in [0.2, 0.25) is 11.8 Å². The normalized spacial score (nSPS) is 14.3. The lowest BCUT2D eigenvalue weighted by Crippen LogP contribution is -2.37. The van der Waals surface area contributed by atoms with Crippen LogP contribution < -0.4 is 20.9 Å². The molecule has 0 radical (unpaired) electrons. The number of hydrogen-bond donors (Lipinski definition) is 4. The number of aliphatic hydroxyl groups is 1. The summed E-state index contributed by atoms with van der Waals surface area (Å²) in [5.74, 6) is -0.599. The number of hydrogen-bond acceptors (Lipinski definition) is 5. The molecule has 2 aromatic rings. The van der Waals surface area contributed by atoms with Crippen LogP contribution in [-0.4, -0.2) is 49.2 Å². The Morgan fingerprint density at radius 3 is 2.50 bits per heavy atom. The van der Waals surface area contributed by atoms with Gasteiger partial charge in [-0.15, -0.1) is 0 Å². The van der Waals surface area contributed by atoms with Gasteiger partial charge in [-0.25, -0.2) is 0 Å². The highest BCUT2D eigenvalue weighted by atomic mass is 35.5. The first-order valence-electron chi connectivity index (χ1n) is 10.0. The van der Waals surface area contributed by atoms with Gasteiger partial charge in [-0.1, -0.05) is 29.8 Å². The van der Waals surface area contributed by atoms with E-state index in [0.717, 1.165) is 42.9 Å². The molecule has 0 bridgehead atoms. The maximum Gasteiger partial charge on any atom is 0.243 e. The summed E-state index contributed by atoms with van der Waals surface area (Å²) in [7, 11) is 0. The summed E-state index contributed by atoms with van der Waals surface area (Å²) in [6.07, 6.45) is 1.22. The van der Waals surface area contributed by atoms with E-state index >= 15 is 0 Å². The number of rotatable bonds is 7. The smallest absolute Gasteiger partial charge is 0.243 e. The Kier molecular flexibility index (Phi) is 7.54. The molecule has 1 heterocycles. The van der Waals surface area contributed by atoms with Crippen molar-refractivity contribution in [2.24, 2.45) is 0 Å². The van der Waals surface area contributed by atoms with Gasteiger partial charge in [0.15, 0.2) is 0 Å². The number of carbonyl (C=O) groups excluding carboxylic acids is 2. The lowest BCUT2D eigenvalue weighted by atomic mass is 10.1. The van der Waals surface area contributed by atoms with Crippen LogP contribution in [0.4, 0.5) is 17.1 Å². The fraction of sp³-hybridized carbons (Fsp3) is 0.364. The average molecular weight is 431 g/mol. The van der Waals surface area contributed by atoms with Gasteiger partial charge in [0.25, 0.3) is 0 Å². The summed E-state index contributed by atoms with van der Waals surface area (Å²) in [5, 5.41) is 18.8. The van der Waals surface area contributed by atoms with E-state index in [9.17, 15) is 14.7 Å². The quantitative estimate of drug-likeness (QED) is 0.542. The second-order valence-corrected chi connectivity index (χ2v) is 7.73. The van der Waals surface area contributed by atoms with Crippen LogP contribution in [0, 0.1) is 6.92 Å². The maximum absolute atomic E-state index is 12.2. The van der Waals surface area contributed by atoms with Gasteiger partial charge in [-0.2, -0.15) is 0 Å². The summed E-state index contributed by atoms with van der Waals surface area (Å²) in [6, 6.07) is 13.1. The molecule has 3 rings (SSSR count). The highest BCUT2D eigenvalue weighted by molar-refractivity contribution is 6.31. The summed E-state index contributed by atoms with van der Waals surface area (Å²) < 4.78 is 0. The minimum atomic E-state index is -0.319. The van der Waals surface area contributed by atoms with Crippen molar-refractivity contribution in [1.82, 2.24) is 5.32 Å². The molecule has 160 valence electrons. The van der Waals surface area contributed by atoms with E-state index in [4.69, 9.17) is 11.6 Å². The van der Waals surface area contributed by atoms with Crippen molar-refractivity contribution in [2.75, 3.05) is 41.7 Å². The largest absolute Gasteiger partial charge is 0.393 e. The van der Waals surface area contributed by atoms with E-state index in [1.54, 1.807) is 18.2 Å². The molecule has 2 amide bonds. The lowest BCUT2D eigenvalue weighted by molar-refractivity contribution is -0.122. The molecule has 7 nitrogen and oxygen atoms in total. The number of nitrogens with zero attached hydrogens (tertiary/aromatic N) is 1. The molecule has 8 heteroatoms. The van der Waals surface area contributed by atoms with Gasteiger partial charge in [-0.3, -0.25) is 9.59 Å². The van der Waals surface area contributed by atoms with Crippen molar-refractivity contribution in [3.05, 3.63) is 53.1 Å². The molecule has 1 aliphatic heterocycles. The van der Waals surface area contributed by atoms with Crippen LogP contribution in [-0.2, 0) is 9.59 Å². The Bertz CT molecular complexity index is 898. The zero-order chi connectivity index (χ0) is 21.5. The van der Waals surface area contributed by atoms with Gasteiger partial charge < -0.3 is 26.0 Å². The van der Waals surface area contributed by atoms with Crippen LogP contribution in [0.5, 0.6) is 0 Å². The number of nitrogens with one attached hydrogen (secondary N) is 3. The highest BCUT2D eigenvalue weighted by Crippen LogP contribution is 2.28. The molecule has 1 aliphatic rings. The van der Waals surface area contributed by atoms with Gasteiger partial charge >= 0.3 is 0 Å². The second kappa shape index (κ2) is 10.3. The van der Waals surface area contributed by atoms with Gasteiger partial charge in [0.05, 0.1) is 30.6 Å². The van der Waals surface area contributed by atoms with Crippen LogP contribution in [0.1, 0.15) is 18.4 Å². The van der Waals surface area contributed by atoms with E-state index in [-0.39, 0.29) is 31.0 Å². The molecule has 0 aliphatic carbocycles. The third-order valence-electron chi connectivity index (χ3n) is 5.14. The molecule has 1 fully saturated rings. The summed E-state index contributed by atoms with van der Waals surface area (Å²) in [4.78, 5) is 26.5. The van der Waals surface area contributed by atoms with E-state index in [2.05, 4.69) is 20.9 Å². The third kappa shape index (κ3) is 5.87. The minimum absolute atomic E-state index is 0.0525. The fourth-order valence-electron chi connectivity index (χ4n) is 3.36. The molecule has 0 atom stereocenters. The number of aliphatic hydroxyl groups excluding tert-OH is 1. The van der Waals surface area contributed by atoms with Gasteiger partial charge in [0.1, 0.15) is 0 Å². The molecule has 0 unspecified atom stereocenters. The predicted molar refractivity (Wildman–Crippen MR) is 120 cm³/mol. The van der Waals surface area contributed by atoms with Crippen LogP contribution in [0.25, 0.3) is 0 Å². The Labute approximate surface area is 181 Å². The molecule has 30 heavy (non-hydrogen) atoms.